The largest absolute Gasteiger partial charge is 0.508 e. The predicted molar refractivity (Wildman–Crippen MR) is 91.6 cm³/mol. The van der Waals surface area contributed by atoms with Crippen LogP contribution in [-0.4, -0.2) is 22.8 Å². The number of phenols is 2. The van der Waals surface area contributed by atoms with E-state index in [9.17, 15) is 19.8 Å². The van der Waals surface area contributed by atoms with Crippen molar-refractivity contribution in [1.29, 1.82) is 0 Å². The zero-order chi connectivity index (χ0) is 18.0. The van der Waals surface area contributed by atoms with Crippen LogP contribution in [-0.2, 0) is 16.0 Å². The van der Waals surface area contributed by atoms with E-state index in [1.807, 2.05) is 0 Å². The summed E-state index contributed by atoms with van der Waals surface area (Å²) in [7, 11) is 0. The molecule has 2 N–H and O–H groups in total. The van der Waals surface area contributed by atoms with Gasteiger partial charge in [0.1, 0.15) is 22.8 Å². The summed E-state index contributed by atoms with van der Waals surface area (Å²) in [5.41, 5.74) is 0.564. The quantitative estimate of drug-likeness (QED) is 0.709. The highest BCUT2D eigenvalue weighted by Gasteiger charge is 2.19. The molecule has 0 aliphatic rings. The number of aromatic hydroxyl groups is 2. The van der Waals surface area contributed by atoms with Gasteiger partial charge in [0.2, 0.25) is 0 Å². The lowest BCUT2D eigenvalue weighted by molar-refractivity contribution is -0.142. The van der Waals surface area contributed by atoms with E-state index in [4.69, 9.17) is 9.15 Å². The average Bonchev–Trinajstić information content (AvgIpc) is 2.54. The van der Waals surface area contributed by atoms with Crippen molar-refractivity contribution in [3.63, 3.8) is 0 Å². The number of benzene rings is 2. The maximum absolute atomic E-state index is 12.3. The molecule has 128 valence electrons. The summed E-state index contributed by atoms with van der Waals surface area (Å²) in [4.78, 5) is 24.1. The van der Waals surface area contributed by atoms with Crippen molar-refractivity contribution < 1.29 is 24.2 Å². The second-order valence-electron chi connectivity index (χ2n) is 5.45. The van der Waals surface area contributed by atoms with Gasteiger partial charge in [-0.05, 0) is 30.7 Å². The normalized spacial score (nSPS) is 10.8. The first-order valence-corrected chi connectivity index (χ1v) is 7.73. The molecule has 0 amide bonds. The molecule has 2 aromatic carbocycles. The van der Waals surface area contributed by atoms with Crippen LogP contribution < -0.4 is 5.43 Å². The van der Waals surface area contributed by atoms with Crippen LogP contribution in [0.5, 0.6) is 11.5 Å². The van der Waals surface area contributed by atoms with Gasteiger partial charge in [-0.15, -0.1) is 0 Å². The summed E-state index contributed by atoms with van der Waals surface area (Å²) in [5.74, 6) is -0.904. The van der Waals surface area contributed by atoms with E-state index in [0.717, 1.165) is 6.07 Å². The van der Waals surface area contributed by atoms with Crippen molar-refractivity contribution >= 4 is 16.9 Å². The Kier molecular flexibility index (Phi) is 4.43. The fourth-order valence-corrected chi connectivity index (χ4v) is 2.69. The molecule has 0 saturated heterocycles. The molecule has 0 fully saturated rings. The van der Waals surface area contributed by atoms with Crippen LogP contribution >= 0.6 is 0 Å². The zero-order valence-corrected chi connectivity index (χ0v) is 13.5. The lowest BCUT2D eigenvalue weighted by Crippen LogP contribution is -2.09. The summed E-state index contributed by atoms with van der Waals surface area (Å²) in [5, 5.41) is 20.4. The lowest BCUT2D eigenvalue weighted by atomic mass is 10.00. The Labute approximate surface area is 142 Å². The first-order valence-electron chi connectivity index (χ1n) is 7.73. The highest BCUT2D eigenvalue weighted by molar-refractivity contribution is 5.83. The molecule has 6 nitrogen and oxygen atoms in total. The molecule has 1 aromatic heterocycles. The van der Waals surface area contributed by atoms with Gasteiger partial charge in [-0.3, -0.25) is 9.59 Å². The minimum absolute atomic E-state index is 0.112. The lowest BCUT2D eigenvalue weighted by Gasteiger charge is -2.12. The van der Waals surface area contributed by atoms with Crippen LogP contribution in [0.1, 0.15) is 12.5 Å². The molecule has 0 bridgehead atoms. The minimum atomic E-state index is -0.517. The number of para-hydroxylation sites is 1. The van der Waals surface area contributed by atoms with Gasteiger partial charge in [0, 0.05) is 12.1 Å². The van der Waals surface area contributed by atoms with Crippen LogP contribution in [0.2, 0.25) is 0 Å². The third-order valence-electron chi connectivity index (χ3n) is 3.71. The molecule has 0 radical (unpaired) electrons. The van der Waals surface area contributed by atoms with Crippen LogP contribution in [0.4, 0.5) is 0 Å². The molecular weight excluding hydrogens is 324 g/mol. The SMILES string of the molecule is CCOC(=O)Cc1cc(O)cc(O)c1-c1cc(=O)c2ccccc2o1. The van der Waals surface area contributed by atoms with E-state index in [2.05, 4.69) is 0 Å². The molecule has 3 aromatic rings. The summed E-state index contributed by atoms with van der Waals surface area (Å²) < 4.78 is 10.7. The summed E-state index contributed by atoms with van der Waals surface area (Å²) >= 11 is 0. The van der Waals surface area contributed by atoms with Crippen molar-refractivity contribution in [2.75, 3.05) is 6.61 Å². The van der Waals surface area contributed by atoms with Crippen molar-refractivity contribution in [2.45, 2.75) is 13.3 Å². The van der Waals surface area contributed by atoms with E-state index < -0.39 is 5.97 Å². The number of rotatable bonds is 4. The molecule has 0 saturated carbocycles. The Morgan fingerprint density at radius 1 is 1.16 bits per heavy atom. The number of phenolic OH excluding ortho intramolecular Hbond substituents is 2. The molecule has 3 rings (SSSR count). The van der Waals surface area contributed by atoms with Gasteiger partial charge in [0.25, 0.3) is 0 Å². The van der Waals surface area contributed by atoms with E-state index in [1.165, 1.54) is 12.1 Å². The molecule has 0 aliphatic carbocycles. The maximum atomic E-state index is 12.3. The van der Waals surface area contributed by atoms with Crippen LogP contribution in [0.25, 0.3) is 22.3 Å². The number of carbonyl (C=O) groups excluding carboxylic acids is 1. The molecule has 0 atom stereocenters. The standard InChI is InChI=1S/C19H16O6/c1-2-24-18(23)8-11-7-12(20)9-15(22)19(11)17-10-14(21)13-5-3-4-6-16(13)25-17/h3-7,9-10,20,22H,2,8H2,1H3. The van der Waals surface area contributed by atoms with Crippen molar-refractivity contribution in [2.24, 2.45) is 0 Å². The number of carbonyl (C=O) groups is 1. The summed E-state index contributed by atoms with van der Waals surface area (Å²) in [6.45, 7) is 1.89. The molecular formula is C19H16O6. The zero-order valence-electron chi connectivity index (χ0n) is 13.5. The van der Waals surface area contributed by atoms with Gasteiger partial charge in [-0.1, -0.05) is 12.1 Å². The van der Waals surface area contributed by atoms with Crippen LogP contribution in [0.15, 0.2) is 51.7 Å². The Hall–Kier alpha value is -3.28. The Morgan fingerprint density at radius 2 is 1.92 bits per heavy atom. The van der Waals surface area contributed by atoms with Gasteiger partial charge in [-0.25, -0.2) is 0 Å². The smallest absolute Gasteiger partial charge is 0.310 e. The Morgan fingerprint density at radius 3 is 2.68 bits per heavy atom. The van der Waals surface area contributed by atoms with Crippen molar-refractivity contribution in [1.82, 2.24) is 0 Å². The molecule has 6 heteroatoms. The van der Waals surface area contributed by atoms with Gasteiger partial charge in [-0.2, -0.15) is 0 Å². The monoisotopic (exact) mass is 340 g/mol. The molecule has 0 spiro atoms. The average molecular weight is 340 g/mol. The van der Waals surface area contributed by atoms with E-state index in [0.29, 0.717) is 16.5 Å². The minimum Gasteiger partial charge on any atom is -0.508 e. The first kappa shape index (κ1) is 16.6. The Bertz CT molecular complexity index is 1000. The van der Waals surface area contributed by atoms with E-state index >= 15 is 0 Å². The highest BCUT2D eigenvalue weighted by atomic mass is 16.5. The number of hydrogen-bond acceptors (Lipinski definition) is 6. The van der Waals surface area contributed by atoms with Crippen molar-refractivity contribution in [3.05, 3.63) is 58.3 Å². The van der Waals surface area contributed by atoms with Crippen LogP contribution in [0.3, 0.4) is 0 Å². The van der Waals surface area contributed by atoms with Gasteiger partial charge < -0.3 is 19.4 Å². The molecule has 0 unspecified atom stereocenters. The summed E-state index contributed by atoms with van der Waals surface area (Å²) in [6, 6.07) is 10.4. The van der Waals surface area contributed by atoms with Gasteiger partial charge in [0.15, 0.2) is 5.43 Å². The topological polar surface area (TPSA) is 97.0 Å². The van der Waals surface area contributed by atoms with E-state index in [1.54, 1.807) is 31.2 Å². The molecule has 25 heavy (non-hydrogen) atoms. The summed E-state index contributed by atoms with van der Waals surface area (Å²) in [6.07, 6.45) is -0.179. The molecule has 0 aliphatic heterocycles. The number of ether oxygens (including phenoxy) is 1. The number of fused-ring (bicyclic) bond motifs is 1. The van der Waals surface area contributed by atoms with Gasteiger partial charge in [0.05, 0.1) is 24.0 Å². The molecule has 1 heterocycles. The third kappa shape index (κ3) is 3.33. The highest BCUT2D eigenvalue weighted by Crippen LogP contribution is 2.37. The fourth-order valence-electron chi connectivity index (χ4n) is 2.69. The first-order chi connectivity index (χ1) is 12.0. The fraction of sp³-hybridized carbons (Fsp3) is 0.158. The van der Waals surface area contributed by atoms with Crippen molar-refractivity contribution in [3.8, 4) is 22.8 Å². The Balaban J connectivity index is 2.19. The van der Waals surface area contributed by atoms with Gasteiger partial charge >= 0.3 is 5.97 Å². The van der Waals surface area contributed by atoms with E-state index in [-0.39, 0.29) is 41.3 Å². The van der Waals surface area contributed by atoms with Crippen LogP contribution in [0, 0.1) is 0 Å². The number of esters is 1. The maximum Gasteiger partial charge on any atom is 0.310 e. The number of hydrogen-bond donors (Lipinski definition) is 2. The third-order valence-corrected chi connectivity index (χ3v) is 3.71. The predicted octanol–water partition coefficient (Wildman–Crippen LogP) is 2.98. The second-order valence-corrected chi connectivity index (χ2v) is 5.45. The second kappa shape index (κ2) is 6.68.